The van der Waals surface area contributed by atoms with Crippen molar-refractivity contribution < 1.29 is 4.74 Å². The molecule has 1 aromatic heterocycles. The van der Waals surface area contributed by atoms with Crippen molar-refractivity contribution in [2.45, 2.75) is 13.5 Å². The van der Waals surface area contributed by atoms with Gasteiger partial charge in [-0.2, -0.15) is 0 Å². The number of rotatable bonds is 4. The number of hydrogen-bond acceptors (Lipinski definition) is 3. The van der Waals surface area contributed by atoms with Crippen LogP contribution >= 0.6 is 22.6 Å². The molecule has 0 bridgehead atoms. The number of nitrogens with zero attached hydrogens (tertiary/aromatic N) is 2. The van der Waals surface area contributed by atoms with Crippen LogP contribution in [0.1, 0.15) is 5.69 Å². The third kappa shape index (κ3) is 3.10. The molecule has 18 heavy (non-hydrogen) atoms. The first-order valence-electron chi connectivity index (χ1n) is 5.58. The lowest BCUT2D eigenvalue weighted by atomic mass is 10.3. The summed E-state index contributed by atoms with van der Waals surface area (Å²) >= 11 is 2.02. The van der Waals surface area contributed by atoms with Crippen molar-refractivity contribution in [3.63, 3.8) is 0 Å². The average Bonchev–Trinajstić information content (AvgIpc) is 2.40. The summed E-state index contributed by atoms with van der Waals surface area (Å²) in [5, 5.41) is 0. The molecule has 0 N–H and O–H groups in total. The topological polar surface area (TPSA) is 44.1 Å². The van der Waals surface area contributed by atoms with Gasteiger partial charge in [-0.05, 0) is 41.6 Å². The molecular weight excluding hydrogens is 343 g/mol. The predicted octanol–water partition coefficient (Wildman–Crippen LogP) is 2.24. The molecule has 0 unspecified atom stereocenters. The van der Waals surface area contributed by atoms with E-state index in [2.05, 4.69) is 4.98 Å². The third-order valence-corrected chi connectivity index (χ3v) is 3.74. The van der Waals surface area contributed by atoms with Gasteiger partial charge in [-0.25, -0.2) is 4.98 Å². The molecule has 0 saturated heterocycles. The van der Waals surface area contributed by atoms with Crippen LogP contribution in [-0.4, -0.2) is 16.2 Å². The largest absolute Gasteiger partial charge is 0.492 e. The molecule has 0 aliphatic rings. The zero-order chi connectivity index (χ0) is 13.0. The Bertz CT molecular complexity index is 581. The van der Waals surface area contributed by atoms with E-state index in [-0.39, 0.29) is 5.56 Å². The Kier molecular flexibility index (Phi) is 4.35. The molecule has 94 valence electrons. The molecule has 1 aromatic carbocycles. The van der Waals surface area contributed by atoms with E-state index < -0.39 is 0 Å². The predicted molar refractivity (Wildman–Crippen MR) is 77.9 cm³/mol. The maximum Gasteiger partial charge on any atom is 0.267 e. The highest BCUT2D eigenvalue weighted by Crippen LogP contribution is 2.08. The lowest BCUT2D eigenvalue weighted by Gasteiger charge is -2.08. The van der Waals surface area contributed by atoms with Crippen LogP contribution < -0.4 is 10.3 Å². The van der Waals surface area contributed by atoms with E-state index in [0.29, 0.717) is 16.7 Å². The number of ether oxygens (including phenoxy) is 1. The molecule has 0 saturated carbocycles. The van der Waals surface area contributed by atoms with Crippen LogP contribution in [0, 0.1) is 10.5 Å². The summed E-state index contributed by atoms with van der Waals surface area (Å²) in [4.78, 5) is 16.1. The van der Waals surface area contributed by atoms with Crippen LogP contribution in [0.3, 0.4) is 0 Å². The molecule has 0 amide bonds. The Hall–Kier alpha value is -1.37. The summed E-state index contributed by atoms with van der Waals surface area (Å²) in [6.45, 7) is 2.77. The van der Waals surface area contributed by atoms with Gasteiger partial charge >= 0.3 is 0 Å². The molecule has 0 atom stereocenters. The van der Waals surface area contributed by atoms with Crippen LogP contribution in [0.5, 0.6) is 5.75 Å². The van der Waals surface area contributed by atoms with Gasteiger partial charge in [0, 0.05) is 0 Å². The summed E-state index contributed by atoms with van der Waals surface area (Å²) < 4.78 is 7.77. The average molecular weight is 356 g/mol. The molecule has 0 fully saturated rings. The summed E-state index contributed by atoms with van der Waals surface area (Å²) in [5.74, 6) is 0.806. The van der Waals surface area contributed by atoms with Gasteiger partial charge in [-0.3, -0.25) is 9.36 Å². The van der Waals surface area contributed by atoms with Gasteiger partial charge in [0.15, 0.2) is 0 Å². The fourth-order valence-electron chi connectivity index (χ4n) is 1.48. The van der Waals surface area contributed by atoms with E-state index in [0.717, 1.165) is 11.4 Å². The fraction of sp³-hybridized carbons (Fsp3) is 0.231. The number of benzene rings is 1. The van der Waals surface area contributed by atoms with E-state index >= 15 is 0 Å². The molecule has 0 aliphatic carbocycles. The van der Waals surface area contributed by atoms with Crippen molar-refractivity contribution in [1.29, 1.82) is 0 Å². The van der Waals surface area contributed by atoms with Crippen molar-refractivity contribution in [2.24, 2.45) is 0 Å². The summed E-state index contributed by atoms with van der Waals surface area (Å²) in [5.41, 5.74) is 0.751. The Morgan fingerprint density at radius 2 is 2.06 bits per heavy atom. The zero-order valence-corrected chi connectivity index (χ0v) is 12.1. The van der Waals surface area contributed by atoms with Gasteiger partial charge < -0.3 is 4.74 Å². The fourth-order valence-corrected chi connectivity index (χ4v) is 1.93. The van der Waals surface area contributed by atoms with Crippen molar-refractivity contribution in [3.05, 3.63) is 56.3 Å². The van der Waals surface area contributed by atoms with E-state index in [9.17, 15) is 4.79 Å². The molecular formula is C13H13IN2O2. The van der Waals surface area contributed by atoms with Gasteiger partial charge in [0.1, 0.15) is 12.4 Å². The van der Waals surface area contributed by atoms with Gasteiger partial charge in [0.25, 0.3) is 5.56 Å². The second kappa shape index (κ2) is 5.99. The number of para-hydroxylation sites is 1. The Labute approximate surface area is 119 Å². The standard InChI is InChI=1S/C13H13IN2O2/c1-10-12(14)13(17)16(9-15-10)7-8-18-11-5-3-2-4-6-11/h2-6,9H,7-8H2,1H3. The Morgan fingerprint density at radius 3 is 2.78 bits per heavy atom. The molecule has 0 spiro atoms. The summed E-state index contributed by atoms with van der Waals surface area (Å²) in [6, 6.07) is 9.54. The molecule has 5 heteroatoms. The van der Waals surface area contributed by atoms with E-state index in [1.807, 2.05) is 59.8 Å². The monoisotopic (exact) mass is 356 g/mol. The summed E-state index contributed by atoms with van der Waals surface area (Å²) in [6.07, 6.45) is 1.56. The number of aromatic nitrogens is 2. The van der Waals surface area contributed by atoms with Crippen LogP contribution in [0.15, 0.2) is 41.5 Å². The number of aryl methyl sites for hydroxylation is 1. The van der Waals surface area contributed by atoms with Crippen molar-refractivity contribution in [3.8, 4) is 5.75 Å². The summed E-state index contributed by atoms with van der Waals surface area (Å²) in [7, 11) is 0. The molecule has 1 heterocycles. The van der Waals surface area contributed by atoms with E-state index in [1.165, 1.54) is 0 Å². The first kappa shape index (κ1) is 13.1. The second-order valence-electron chi connectivity index (χ2n) is 3.80. The van der Waals surface area contributed by atoms with Crippen molar-refractivity contribution in [1.82, 2.24) is 9.55 Å². The lowest BCUT2D eigenvalue weighted by Crippen LogP contribution is -2.26. The molecule has 0 aliphatic heterocycles. The Balaban J connectivity index is 1.99. The SMILES string of the molecule is Cc1ncn(CCOc2ccccc2)c(=O)c1I. The van der Waals surface area contributed by atoms with Crippen LogP contribution in [0.4, 0.5) is 0 Å². The van der Waals surface area contributed by atoms with Crippen LogP contribution in [0.25, 0.3) is 0 Å². The normalized spacial score (nSPS) is 10.3. The molecule has 2 rings (SSSR count). The first-order chi connectivity index (χ1) is 8.68. The highest BCUT2D eigenvalue weighted by Gasteiger charge is 2.04. The molecule has 4 nitrogen and oxygen atoms in total. The maximum absolute atomic E-state index is 11.9. The number of halogens is 1. The minimum absolute atomic E-state index is 0.0141. The highest BCUT2D eigenvalue weighted by molar-refractivity contribution is 14.1. The minimum atomic E-state index is -0.0141. The van der Waals surface area contributed by atoms with Crippen molar-refractivity contribution >= 4 is 22.6 Å². The Morgan fingerprint density at radius 1 is 1.33 bits per heavy atom. The zero-order valence-electron chi connectivity index (χ0n) is 9.97. The van der Waals surface area contributed by atoms with E-state index in [4.69, 9.17) is 4.74 Å². The maximum atomic E-state index is 11.9. The molecule has 2 aromatic rings. The number of hydrogen-bond donors (Lipinski definition) is 0. The van der Waals surface area contributed by atoms with Gasteiger partial charge in [-0.15, -0.1) is 0 Å². The van der Waals surface area contributed by atoms with E-state index in [1.54, 1.807) is 10.9 Å². The third-order valence-electron chi connectivity index (χ3n) is 2.50. The second-order valence-corrected chi connectivity index (χ2v) is 4.88. The van der Waals surface area contributed by atoms with Crippen molar-refractivity contribution in [2.75, 3.05) is 6.61 Å². The van der Waals surface area contributed by atoms with Gasteiger partial charge in [0.05, 0.1) is 22.1 Å². The highest BCUT2D eigenvalue weighted by atomic mass is 127. The smallest absolute Gasteiger partial charge is 0.267 e. The minimum Gasteiger partial charge on any atom is -0.492 e. The van der Waals surface area contributed by atoms with Gasteiger partial charge in [-0.1, -0.05) is 18.2 Å². The van der Waals surface area contributed by atoms with Crippen LogP contribution in [0.2, 0.25) is 0 Å². The quantitative estimate of drug-likeness (QED) is 0.790. The van der Waals surface area contributed by atoms with Crippen LogP contribution in [-0.2, 0) is 6.54 Å². The molecule has 0 radical (unpaired) electrons. The lowest BCUT2D eigenvalue weighted by molar-refractivity contribution is 0.295. The van der Waals surface area contributed by atoms with Gasteiger partial charge in [0.2, 0.25) is 0 Å². The first-order valence-corrected chi connectivity index (χ1v) is 6.66.